The molecule has 1 N–H and O–H groups in total. The summed E-state index contributed by atoms with van der Waals surface area (Å²) in [5.74, 6) is -2.37. The highest BCUT2D eigenvalue weighted by Crippen LogP contribution is 2.20. The molecule has 1 amide bonds. The van der Waals surface area contributed by atoms with Crippen molar-refractivity contribution in [3.63, 3.8) is 0 Å². The van der Waals surface area contributed by atoms with Gasteiger partial charge < -0.3 is 5.11 Å². The van der Waals surface area contributed by atoms with E-state index in [4.69, 9.17) is 5.11 Å². The molecule has 17 heavy (non-hydrogen) atoms. The second-order valence-corrected chi connectivity index (χ2v) is 2.91. The molecule has 1 rings (SSSR count). The molecule has 0 unspecified atom stereocenters. The molecule has 0 atom stereocenters. The van der Waals surface area contributed by atoms with E-state index < -0.39 is 16.9 Å². The zero-order chi connectivity index (χ0) is 13.0. The number of amides is 1. The van der Waals surface area contributed by atoms with Gasteiger partial charge in [-0.25, -0.2) is 14.9 Å². The molecule has 7 heteroatoms. The van der Waals surface area contributed by atoms with E-state index in [0.717, 1.165) is 6.08 Å². The highest BCUT2D eigenvalue weighted by atomic mass is 16.7. The van der Waals surface area contributed by atoms with E-state index in [0.29, 0.717) is 0 Å². The molecular formula is C10H8N2O5. The van der Waals surface area contributed by atoms with Gasteiger partial charge in [-0.1, -0.05) is 18.7 Å². The van der Waals surface area contributed by atoms with Crippen molar-refractivity contribution in [2.45, 2.75) is 0 Å². The van der Waals surface area contributed by atoms with Crippen molar-refractivity contribution in [3.05, 3.63) is 52.6 Å². The number of carbonyl (C=O) groups excluding carboxylic acids is 1. The summed E-state index contributed by atoms with van der Waals surface area (Å²) in [6.07, 6.45) is 0.738. The molecule has 1 aromatic rings. The molecule has 7 nitrogen and oxygen atoms in total. The first-order chi connectivity index (χ1) is 7.99. The lowest BCUT2D eigenvalue weighted by Gasteiger charge is -2.12. The van der Waals surface area contributed by atoms with E-state index in [1.54, 1.807) is 0 Å². The number of benzene rings is 1. The van der Waals surface area contributed by atoms with Crippen LogP contribution in [0.25, 0.3) is 0 Å². The average Bonchev–Trinajstić information content (AvgIpc) is 2.29. The summed E-state index contributed by atoms with van der Waals surface area (Å²) in [5, 5.41) is 18.8. The molecule has 0 aliphatic rings. The third kappa shape index (κ3) is 2.46. The minimum atomic E-state index is -1.36. The molecule has 0 aliphatic heterocycles. The Hall–Kier alpha value is -2.70. The van der Waals surface area contributed by atoms with E-state index in [1.165, 1.54) is 24.3 Å². The Bertz CT molecular complexity index is 497. The molecule has 1 aromatic carbocycles. The summed E-state index contributed by atoms with van der Waals surface area (Å²) in [4.78, 5) is 32.9. The maximum absolute atomic E-state index is 11.3. The van der Waals surface area contributed by atoms with Crippen LogP contribution >= 0.6 is 0 Å². The largest absolute Gasteiger partial charge is 0.478 e. The topological polar surface area (TPSA) is 101 Å². The van der Waals surface area contributed by atoms with Crippen LogP contribution in [0.2, 0.25) is 0 Å². The normalized spacial score (nSPS) is 9.41. The molecule has 0 bridgehead atoms. The molecule has 0 saturated heterocycles. The van der Waals surface area contributed by atoms with Crippen molar-refractivity contribution in [1.82, 2.24) is 0 Å². The number of nitrogens with zero attached hydrogens (tertiary/aromatic N) is 2. The summed E-state index contributed by atoms with van der Waals surface area (Å²) in [6, 6.07) is 5.15. The number of nitro groups is 1. The third-order valence-corrected chi connectivity index (χ3v) is 1.91. The Morgan fingerprint density at radius 1 is 1.41 bits per heavy atom. The molecule has 0 aromatic heterocycles. The maximum atomic E-state index is 11.3. The predicted octanol–water partition coefficient (Wildman–Crippen LogP) is 1.10. The van der Waals surface area contributed by atoms with E-state index in [-0.39, 0.29) is 16.3 Å². The Balaban J connectivity index is 3.38. The van der Waals surface area contributed by atoms with Crippen molar-refractivity contribution < 1.29 is 19.7 Å². The van der Waals surface area contributed by atoms with Gasteiger partial charge in [-0.05, 0) is 17.1 Å². The van der Waals surface area contributed by atoms with Crippen molar-refractivity contribution in [1.29, 1.82) is 0 Å². The Labute approximate surface area is 95.7 Å². The number of hydrazine groups is 1. The highest BCUT2D eigenvalue weighted by molar-refractivity contribution is 6.04. The summed E-state index contributed by atoms with van der Waals surface area (Å²) in [5.41, 5.74) is -0.644. The number of hydrogen-bond acceptors (Lipinski definition) is 4. The zero-order valence-electron chi connectivity index (χ0n) is 8.57. The summed E-state index contributed by atoms with van der Waals surface area (Å²) >= 11 is 0. The number of rotatable bonds is 4. The van der Waals surface area contributed by atoms with Crippen LogP contribution in [0.4, 0.5) is 5.69 Å². The van der Waals surface area contributed by atoms with Crippen molar-refractivity contribution in [2.24, 2.45) is 0 Å². The van der Waals surface area contributed by atoms with E-state index in [2.05, 4.69) is 6.58 Å². The van der Waals surface area contributed by atoms with Gasteiger partial charge in [0.15, 0.2) is 5.03 Å². The monoisotopic (exact) mass is 236 g/mol. The second kappa shape index (κ2) is 4.88. The first-order valence-corrected chi connectivity index (χ1v) is 4.42. The number of carbonyl (C=O) groups is 2. The van der Waals surface area contributed by atoms with Gasteiger partial charge in [0.05, 0.1) is 5.56 Å². The van der Waals surface area contributed by atoms with Crippen molar-refractivity contribution >= 4 is 17.6 Å². The summed E-state index contributed by atoms with van der Waals surface area (Å²) in [6.45, 7) is 3.12. The first kappa shape index (κ1) is 12.4. The fourth-order valence-corrected chi connectivity index (χ4v) is 1.21. The predicted molar refractivity (Wildman–Crippen MR) is 58.1 cm³/mol. The van der Waals surface area contributed by atoms with Crippen molar-refractivity contribution in [3.8, 4) is 0 Å². The van der Waals surface area contributed by atoms with Gasteiger partial charge >= 0.3 is 11.9 Å². The molecule has 0 saturated carbocycles. The minimum Gasteiger partial charge on any atom is -0.478 e. The maximum Gasteiger partial charge on any atom is 0.338 e. The highest BCUT2D eigenvalue weighted by Gasteiger charge is 2.28. The van der Waals surface area contributed by atoms with Crippen LogP contribution < -0.4 is 5.01 Å². The summed E-state index contributed by atoms with van der Waals surface area (Å²) < 4.78 is 0. The third-order valence-electron chi connectivity index (χ3n) is 1.91. The zero-order valence-corrected chi connectivity index (χ0v) is 8.57. The number of carboxylic acids is 1. The Kier molecular flexibility index (Phi) is 3.55. The van der Waals surface area contributed by atoms with Crippen LogP contribution in [-0.2, 0) is 4.79 Å². The molecule has 0 fully saturated rings. The molecule has 88 valence electrons. The van der Waals surface area contributed by atoms with Crippen LogP contribution in [0.15, 0.2) is 36.9 Å². The molecule has 0 heterocycles. The minimum absolute atomic E-state index is 0.135. The standard InChI is InChI=1S/C10H8N2O5/c1-2-9(13)11(12(16)17)8-6-4-3-5-7(8)10(14)15/h2-6H,1H2,(H,14,15). The van der Waals surface area contributed by atoms with Gasteiger partial charge in [0.25, 0.3) is 0 Å². The van der Waals surface area contributed by atoms with Crippen molar-refractivity contribution in [2.75, 3.05) is 5.01 Å². The van der Waals surface area contributed by atoms with Gasteiger partial charge in [0.2, 0.25) is 0 Å². The molecule has 0 radical (unpaired) electrons. The SMILES string of the molecule is C=CC(=O)N(c1ccccc1C(=O)O)[N+](=O)[O-]. The number of anilines is 1. The van der Waals surface area contributed by atoms with Crippen LogP contribution in [0.3, 0.4) is 0 Å². The second-order valence-electron chi connectivity index (χ2n) is 2.91. The van der Waals surface area contributed by atoms with Gasteiger partial charge in [-0.15, -0.1) is 0 Å². The molecule has 0 spiro atoms. The Morgan fingerprint density at radius 3 is 2.47 bits per heavy atom. The van der Waals surface area contributed by atoms with Crippen LogP contribution in [-0.4, -0.2) is 22.0 Å². The number of carboxylic acid groups (broad SMARTS) is 1. The molecular weight excluding hydrogens is 228 g/mol. The first-order valence-electron chi connectivity index (χ1n) is 4.42. The fraction of sp³-hybridized carbons (Fsp3) is 0. The van der Waals surface area contributed by atoms with Crippen LogP contribution in [0.5, 0.6) is 0 Å². The number of aromatic carboxylic acids is 1. The lowest BCUT2D eigenvalue weighted by Crippen LogP contribution is -2.36. The van der Waals surface area contributed by atoms with Crippen LogP contribution in [0.1, 0.15) is 10.4 Å². The fourth-order valence-electron chi connectivity index (χ4n) is 1.21. The summed E-state index contributed by atoms with van der Waals surface area (Å²) in [7, 11) is 0. The smallest absolute Gasteiger partial charge is 0.338 e. The quantitative estimate of drug-likeness (QED) is 0.479. The van der Waals surface area contributed by atoms with E-state index >= 15 is 0 Å². The van der Waals surface area contributed by atoms with Gasteiger partial charge in [-0.2, -0.15) is 0 Å². The number of hydrogen-bond donors (Lipinski definition) is 1. The van der Waals surface area contributed by atoms with Gasteiger partial charge in [0, 0.05) is 6.08 Å². The lowest BCUT2D eigenvalue weighted by atomic mass is 10.1. The van der Waals surface area contributed by atoms with E-state index in [1.807, 2.05) is 0 Å². The van der Waals surface area contributed by atoms with Crippen LogP contribution in [0, 0.1) is 10.1 Å². The molecule has 0 aliphatic carbocycles. The Morgan fingerprint density at radius 2 is 2.00 bits per heavy atom. The average molecular weight is 236 g/mol. The van der Waals surface area contributed by atoms with Gasteiger partial charge in [0.1, 0.15) is 5.69 Å². The lowest BCUT2D eigenvalue weighted by molar-refractivity contribution is -0.483. The van der Waals surface area contributed by atoms with E-state index in [9.17, 15) is 19.7 Å². The number of para-hydroxylation sites is 1. The van der Waals surface area contributed by atoms with Gasteiger partial charge in [-0.3, -0.25) is 4.79 Å².